The van der Waals surface area contributed by atoms with E-state index in [1.807, 2.05) is 37.1 Å². The summed E-state index contributed by atoms with van der Waals surface area (Å²) in [4.78, 5) is 29.2. The van der Waals surface area contributed by atoms with E-state index in [0.29, 0.717) is 28.8 Å². The molecule has 1 N–H and O–H groups in total. The van der Waals surface area contributed by atoms with E-state index in [9.17, 15) is 22.0 Å². The molecule has 2 aromatic heterocycles. The highest BCUT2D eigenvalue weighted by molar-refractivity contribution is 7.87. The number of amides is 1. The molecule has 0 bridgehead atoms. The van der Waals surface area contributed by atoms with E-state index >= 15 is 0 Å². The molecule has 260 valence electrons. The first kappa shape index (κ1) is 34.4. The van der Waals surface area contributed by atoms with Gasteiger partial charge in [-0.3, -0.25) is 4.79 Å². The Hall–Kier alpha value is -2.46. The lowest BCUT2D eigenvalue weighted by Crippen LogP contribution is -2.61. The minimum atomic E-state index is -3.88. The van der Waals surface area contributed by atoms with E-state index in [0.717, 1.165) is 81.4 Å². The van der Waals surface area contributed by atoms with Crippen LogP contribution in [-0.2, 0) is 10.2 Å². The fraction of sp³-hybridized carbons (Fsp3) is 0.719. The summed E-state index contributed by atoms with van der Waals surface area (Å²) in [6.07, 6.45) is 8.34. The maximum absolute atomic E-state index is 13.5. The van der Waals surface area contributed by atoms with Crippen LogP contribution < -0.4 is 14.4 Å². The van der Waals surface area contributed by atoms with E-state index in [1.54, 1.807) is 6.20 Å². The Morgan fingerprint density at radius 2 is 1.83 bits per heavy atom. The number of nitrogens with zero attached hydrogens (tertiary/aromatic N) is 6. The van der Waals surface area contributed by atoms with E-state index in [-0.39, 0.29) is 30.0 Å². The number of thiophene rings is 1. The molecule has 0 unspecified atom stereocenters. The minimum Gasteiger partial charge on any atom is -0.450 e. The molecule has 6 rings (SSSR count). The monoisotopic (exact) mass is 695 g/mol. The van der Waals surface area contributed by atoms with Crippen molar-refractivity contribution in [3.8, 4) is 11.5 Å². The van der Waals surface area contributed by atoms with Crippen molar-refractivity contribution < 1.29 is 26.7 Å². The van der Waals surface area contributed by atoms with Crippen LogP contribution in [0.5, 0.6) is 11.5 Å². The molecule has 4 fully saturated rings. The number of alkyl halides is 2. The molecule has 3 saturated heterocycles. The van der Waals surface area contributed by atoms with Crippen LogP contribution in [0.4, 0.5) is 14.6 Å². The quantitative estimate of drug-likeness (QED) is 0.356. The van der Waals surface area contributed by atoms with Gasteiger partial charge in [0.1, 0.15) is 11.2 Å². The van der Waals surface area contributed by atoms with Crippen molar-refractivity contribution in [3.05, 3.63) is 28.8 Å². The van der Waals surface area contributed by atoms with Crippen molar-refractivity contribution in [2.24, 2.45) is 11.3 Å². The van der Waals surface area contributed by atoms with Gasteiger partial charge in [0.2, 0.25) is 0 Å². The molecule has 1 spiro atoms. The second kappa shape index (κ2) is 13.8. The molecule has 5 heterocycles. The number of likely N-dealkylation sites (tertiary alicyclic amines) is 1. The number of ether oxygens (including phenoxy) is 1. The summed E-state index contributed by atoms with van der Waals surface area (Å²) in [7, 11) is -3.88. The topological polar surface area (TPSA) is 111 Å². The van der Waals surface area contributed by atoms with Crippen LogP contribution in [-0.4, -0.2) is 109 Å². The molecule has 4 aliphatic rings. The average molecular weight is 696 g/mol. The first-order valence-electron chi connectivity index (χ1n) is 16.9. The molecule has 3 aliphatic heterocycles. The van der Waals surface area contributed by atoms with Gasteiger partial charge in [-0.15, -0.1) is 11.3 Å². The van der Waals surface area contributed by atoms with Gasteiger partial charge < -0.3 is 19.4 Å². The maximum atomic E-state index is 13.5. The second-order valence-corrected chi connectivity index (χ2v) is 16.7. The third-order valence-corrected chi connectivity index (χ3v) is 12.9. The number of piperidine rings is 1. The predicted octanol–water partition coefficient (Wildman–Crippen LogP) is 4.84. The molecule has 0 radical (unpaired) electrons. The third-order valence-electron chi connectivity index (χ3n) is 10.3. The SMILES string of the molecule is CCN(C(=O)c1sccc1Oc1cncnc1N1CC2(CCN(C[C@H]3CC[C@H](NS(=O)(=O)N4CCC(F)(F)C4)CC3)CC2)C1)C(C)C. The number of rotatable bonds is 11. The molecule has 11 nitrogen and oxygen atoms in total. The number of hydrogen-bond acceptors (Lipinski definition) is 9. The first-order chi connectivity index (χ1) is 22.4. The summed E-state index contributed by atoms with van der Waals surface area (Å²) >= 11 is 1.38. The largest absolute Gasteiger partial charge is 0.450 e. The zero-order valence-electron chi connectivity index (χ0n) is 27.5. The van der Waals surface area contributed by atoms with E-state index in [4.69, 9.17) is 4.74 Å². The lowest BCUT2D eigenvalue weighted by Gasteiger charge is -2.54. The first-order valence-corrected chi connectivity index (χ1v) is 19.2. The van der Waals surface area contributed by atoms with Crippen LogP contribution in [0, 0.1) is 11.3 Å². The highest BCUT2D eigenvalue weighted by Gasteiger charge is 2.47. The van der Waals surface area contributed by atoms with Crippen molar-refractivity contribution in [1.82, 2.24) is 28.8 Å². The van der Waals surface area contributed by atoms with Crippen molar-refractivity contribution in [3.63, 3.8) is 0 Å². The summed E-state index contributed by atoms with van der Waals surface area (Å²) in [5.41, 5.74) is 0.240. The molecule has 1 amide bonds. The Morgan fingerprint density at radius 1 is 1.11 bits per heavy atom. The van der Waals surface area contributed by atoms with Crippen LogP contribution in [0.25, 0.3) is 0 Å². The fourth-order valence-electron chi connectivity index (χ4n) is 7.61. The Labute approximate surface area is 280 Å². The Balaban J connectivity index is 0.962. The lowest BCUT2D eigenvalue weighted by molar-refractivity contribution is 0.0182. The van der Waals surface area contributed by atoms with E-state index < -0.39 is 29.1 Å². The van der Waals surface area contributed by atoms with Gasteiger partial charge in [-0.1, -0.05) is 0 Å². The smallest absolute Gasteiger partial charge is 0.279 e. The molecule has 47 heavy (non-hydrogen) atoms. The summed E-state index contributed by atoms with van der Waals surface area (Å²) in [6, 6.07) is 1.73. The van der Waals surface area contributed by atoms with Gasteiger partial charge in [0.15, 0.2) is 17.3 Å². The van der Waals surface area contributed by atoms with Gasteiger partial charge in [-0.2, -0.15) is 17.4 Å². The highest BCUT2D eigenvalue weighted by atomic mass is 32.2. The van der Waals surface area contributed by atoms with Crippen molar-refractivity contribution >= 4 is 33.3 Å². The second-order valence-electron chi connectivity index (χ2n) is 14.0. The van der Waals surface area contributed by atoms with Gasteiger partial charge in [-0.25, -0.2) is 18.7 Å². The number of aromatic nitrogens is 2. The number of anilines is 1. The van der Waals surface area contributed by atoms with E-state index in [2.05, 4.69) is 24.5 Å². The number of carbonyl (C=O) groups excluding carboxylic acids is 1. The van der Waals surface area contributed by atoms with Gasteiger partial charge in [0.25, 0.3) is 22.0 Å². The lowest BCUT2D eigenvalue weighted by atomic mass is 9.71. The molecule has 1 saturated carbocycles. The molecule has 15 heteroatoms. The number of halogens is 2. The van der Waals surface area contributed by atoms with Gasteiger partial charge in [-0.05, 0) is 89.7 Å². The average Bonchev–Trinajstić information content (AvgIpc) is 3.64. The Morgan fingerprint density at radius 3 is 2.47 bits per heavy atom. The van der Waals surface area contributed by atoms with Crippen LogP contribution in [0.15, 0.2) is 24.0 Å². The van der Waals surface area contributed by atoms with Gasteiger partial charge in [0, 0.05) is 56.6 Å². The summed E-state index contributed by atoms with van der Waals surface area (Å²) in [5, 5.41) is 1.88. The zero-order valence-corrected chi connectivity index (χ0v) is 29.2. The number of hydrogen-bond donors (Lipinski definition) is 1. The zero-order chi connectivity index (χ0) is 33.4. The Bertz CT molecular complexity index is 1500. The van der Waals surface area contributed by atoms with Crippen LogP contribution in [0.2, 0.25) is 0 Å². The van der Waals surface area contributed by atoms with Crippen molar-refractivity contribution in [1.29, 1.82) is 0 Å². The predicted molar refractivity (Wildman–Crippen MR) is 178 cm³/mol. The molecule has 2 aromatic rings. The van der Waals surface area contributed by atoms with Crippen LogP contribution in [0.3, 0.4) is 0 Å². The minimum absolute atomic E-state index is 0.0366. The highest BCUT2D eigenvalue weighted by Crippen LogP contribution is 2.45. The summed E-state index contributed by atoms with van der Waals surface area (Å²) < 4.78 is 62.2. The number of carbonyl (C=O) groups is 1. The van der Waals surface area contributed by atoms with Gasteiger partial charge >= 0.3 is 0 Å². The van der Waals surface area contributed by atoms with Crippen molar-refractivity contribution in [2.45, 2.75) is 83.7 Å². The number of nitrogens with one attached hydrogen (secondary N) is 1. The normalized spacial score (nSPS) is 24.9. The molecular weight excluding hydrogens is 649 g/mol. The molecular formula is C32H47F2N7O4S2. The third kappa shape index (κ3) is 7.74. The standard InChI is InChI=1S/C32H47F2N7O4S2/c1-4-41(23(2)3)30(42)28-26(9-16-46-28)45-27-17-35-22-36-29(27)39-19-31(20-39)10-13-38(14-11-31)18-24-5-7-25(8-6-24)37-47(43,44)40-15-12-32(33,34)21-40/h9,16-17,22-25,37H,4-8,10-15,18-21H2,1-3H3/t24-,25-. The van der Waals surface area contributed by atoms with E-state index in [1.165, 1.54) is 17.7 Å². The van der Waals surface area contributed by atoms with Crippen LogP contribution in [0.1, 0.15) is 75.4 Å². The molecule has 0 atom stereocenters. The molecule has 0 aromatic carbocycles. The maximum Gasteiger partial charge on any atom is 0.279 e. The molecule has 1 aliphatic carbocycles. The Kier molecular flexibility index (Phi) is 10.1. The van der Waals surface area contributed by atoms with Crippen LogP contribution >= 0.6 is 11.3 Å². The summed E-state index contributed by atoms with van der Waals surface area (Å²) in [5.74, 6) is -0.632. The summed E-state index contributed by atoms with van der Waals surface area (Å²) in [6.45, 7) is 10.6. The fourth-order valence-corrected chi connectivity index (χ4v) is 9.88. The van der Waals surface area contributed by atoms with Crippen molar-refractivity contribution in [2.75, 3.05) is 57.3 Å². The van der Waals surface area contributed by atoms with Gasteiger partial charge in [0.05, 0.1) is 12.7 Å².